The Morgan fingerprint density at radius 1 is 1.17 bits per heavy atom. The molecule has 2 aromatic rings. The van der Waals surface area contributed by atoms with Crippen molar-refractivity contribution in [1.29, 1.82) is 5.26 Å². The topological polar surface area (TPSA) is 118 Å². The number of hydrogen-bond donors (Lipinski definition) is 2. The first kappa shape index (κ1) is 22.6. The monoisotopic (exact) mass is 437 g/mol. The molecule has 0 heterocycles. The molecule has 2 rings (SSSR count). The lowest BCUT2D eigenvalue weighted by Gasteiger charge is -2.09. The molecule has 0 aliphatic carbocycles. The van der Waals surface area contributed by atoms with Crippen LogP contribution in [0.2, 0.25) is 5.02 Å². The van der Waals surface area contributed by atoms with E-state index in [2.05, 4.69) is 15.4 Å². The Balaban J connectivity index is 1.78. The fourth-order valence-electron chi connectivity index (χ4n) is 2.15. The van der Waals surface area contributed by atoms with Crippen LogP contribution in [0.15, 0.2) is 42.5 Å². The summed E-state index contributed by atoms with van der Waals surface area (Å²) in [5, 5.41) is 13.6. The van der Waals surface area contributed by atoms with Gasteiger partial charge in [-0.2, -0.15) is 14.0 Å². The highest BCUT2D eigenvalue weighted by Gasteiger charge is 2.13. The number of hydrogen-bond acceptors (Lipinski definition) is 6. The number of amides is 2. The van der Waals surface area contributed by atoms with Gasteiger partial charge in [-0.15, -0.1) is 0 Å². The number of esters is 1. The van der Waals surface area contributed by atoms with Gasteiger partial charge >= 0.3 is 12.6 Å². The number of rotatable bonds is 8. The molecule has 0 aliphatic heterocycles. The molecular formula is C19H14ClF2N3O5. The summed E-state index contributed by atoms with van der Waals surface area (Å²) in [4.78, 5) is 35.5. The Morgan fingerprint density at radius 3 is 2.60 bits per heavy atom. The summed E-state index contributed by atoms with van der Waals surface area (Å²) in [6.45, 7) is -4.21. The second-order valence-corrected chi connectivity index (χ2v) is 6.01. The number of benzene rings is 2. The van der Waals surface area contributed by atoms with Crippen LogP contribution >= 0.6 is 11.6 Å². The highest BCUT2D eigenvalue weighted by molar-refractivity contribution is 6.32. The summed E-state index contributed by atoms with van der Waals surface area (Å²) >= 11 is 5.85. The zero-order valence-corrected chi connectivity index (χ0v) is 15.9. The average Bonchev–Trinajstić information content (AvgIpc) is 2.70. The first-order valence-corrected chi connectivity index (χ1v) is 8.64. The Kier molecular flexibility index (Phi) is 8.08. The number of carbonyl (C=O) groups excluding carboxylic acids is 3. The van der Waals surface area contributed by atoms with E-state index in [0.717, 1.165) is 6.07 Å². The van der Waals surface area contributed by atoms with E-state index in [1.165, 1.54) is 36.4 Å². The van der Waals surface area contributed by atoms with Crippen molar-refractivity contribution in [3.8, 4) is 11.8 Å². The minimum absolute atomic E-state index is 0.00334. The third-order valence-electron chi connectivity index (χ3n) is 3.45. The highest BCUT2D eigenvalue weighted by Crippen LogP contribution is 2.20. The van der Waals surface area contributed by atoms with E-state index < -0.39 is 37.5 Å². The van der Waals surface area contributed by atoms with E-state index in [9.17, 15) is 23.2 Å². The number of carbonyl (C=O) groups is 3. The summed E-state index contributed by atoms with van der Waals surface area (Å²) in [5.41, 5.74) is 0.541. The fraction of sp³-hybridized carbons (Fsp3) is 0.158. The van der Waals surface area contributed by atoms with Gasteiger partial charge in [0.25, 0.3) is 11.8 Å². The Labute approximate surface area is 174 Å². The van der Waals surface area contributed by atoms with Crippen LogP contribution in [0.4, 0.5) is 14.5 Å². The molecule has 156 valence electrons. The SMILES string of the molecule is N#Cc1ccc(NC(=O)COC(=O)CNC(=O)c2cccc(OC(F)F)c2)cc1Cl. The molecule has 0 unspecified atom stereocenters. The molecule has 0 radical (unpaired) electrons. The molecule has 2 amide bonds. The minimum atomic E-state index is -3.04. The van der Waals surface area contributed by atoms with Crippen molar-refractivity contribution >= 4 is 35.1 Å². The van der Waals surface area contributed by atoms with Crippen LogP contribution in [0.3, 0.4) is 0 Å². The molecule has 8 nitrogen and oxygen atoms in total. The number of nitrogens with zero attached hydrogens (tertiary/aromatic N) is 1. The molecule has 2 N–H and O–H groups in total. The van der Waals surface area contributed by atoms with Crippen LogP contribution < -0.4 is 15.4 Å². The van der Waals surface area contributed by atoms with Gasteiger partial charge in [0.2, 0.25) is 0 Å². The van der Waals surface area contributed by atoms with Gasteiger partial charge < -0.3 is 20.1 Å². The van der Waals surface area contributed by atoms with E-state index in [-0.39, 0.29) is 21.9 Å². The predicted molar refractivity (Wildman–Crippen MR) is 101 cm³/mol. The summed E-state index contributed by atoms with van der Waals surface area (Å²) < 4.78 is 33.4. The zero-order chi connectivity index (χ0) is 22.1. The largest absolute Gasteiger partial charge is 0.454 e. The lowest BCUT2D eigenvalue weighted by molar-refractivity contribution is -0.146. The maximum absolute atomic E-state index is 12.2. The van der Waals surface area contributed by atoms with Crippen molar-refractivity contribution in [1.82, 2.24) is 5.32 Å². The van der Waals surface area contributed by atoms with Crippen LogP contribution in [0, 0.1) is 11.3 Å². The summed E-state index contributed by atoms with van der Waals surface area (Å²) in [6.07, 6.45) is 0. The molecule has 0 bridgehead atoms. The van der Waals surface area contributed by atoms with E-state index >= 15 is 0 Å². The molecule has 0 spiro atoms. The summed E-state index contributed by atoms with van der Waals surface area (Å²) in [7, 11) is 0. The van der Waals surface area contributed by atoms with E-state index in [1.54, 1.807) is 0 Å². The molecule has 0 aliphatic rings. The maximum Gasteiger partial charge on any atom is 0.387 e. The second kappa shape index (κ2) is 10.7. The van der Waals surface area contributed by atoms with Crippen molar-refractivity contribution in [2.45, 2.75) is 6.61 Å². The predicted octanol–water partition coefficient (Wildman–Crippen LogP) is 2.72. The second-order valence-electron chi connectivity index (χ2n) is 5.60. The normalized spacial score (nSPS) is 10.1. The van der Waals surface area contributed by atoms with E-state index in [1.807, 2.05) is 6.07 Å². The van der Waals surface area contributed by atoms with Crippen molar-refractivity contribution in [2.75, 3.05) is 18.5 Å². The zero-order valence-electron chi connectivity index (χ0n) is 15.2. The van der Waals surface area contributed by atoms with Gasteiger partial charge in [0.15, 0.2) is 6.61 Å². The van der Waals surface area contributed by atoms with Crippen LogP contribution in [-0.2, 0) is 14.3 Å². The van der Waals surface area contributed by atoms with Gasteiger partial charge in [0.1, 0.15) is 18.4 Å². The van der Waals surface area contributed by atoms with E-state index in [0.29, 0.717) is 5.69 Å². The quantitative estimate of drug-likeness (QED) is 0.613. The molecule has 0 saturated heterocycles. The number of alkyl halides is 2. The molecule has 0 aromatic heterocycles. The van der Waals surface area contributed by atoms with Gasteiger partial charge in [-0.1, -0.05) is 17.7 Å². The Morgan fingerprint density at radius 2 is 1.93 bits per heavy atom. The molecule has 30 heavy (non-hydrogen) atoms. The van der Waals surface area contributed by atoms with Crippen molar-refractivity contribution in [2.24, 2.45) is 0 Å². The molecule has 0 fully saturated rings. The van der Waals surface area contributed by atoms with Crippen molar-refractivity contribution < 1.29 is 32.6 Å². The van der Waals surface area contributed by atoms with Crippen LogP contribution in [0.1, 0.15) is 15.9 Å². The van der Waals surface area contributed by atoms with Crippen molar-refractivity contribution in [3.63, 3.8) is 0 Å². The molecule has 0 saturated carbocycles. The molecule has 2 aromatic carbocycles. The number of halogens is 3. The van der Waals surface area contributed by atoms with Crippen LogP contribution in [-0.4, -0.2) is 37.5 Å². The number of ether oxygens (including phenoxy) is 2. The fourth-order valence-corrected chi connectivity index (χ4v) is 2.37. The van der Waals surface area contributed by atoms with Gasteiger partial charge in [0.05, 0.1) is 10.6 Å². The summed E-state index contributed by atoms with van der Waals surface area (Å²) in [6, 6.07) is 11.1. The van der Waals surface area contributed by atoms with Gasteiger partial charge in [-0.3, -0.25) is 14.4 Å². The van der Waals surface area contributed by atoms with E-state index in [4.69, 9.17) is 21.6 Å². The third-order valence-corrected chi connectivity index (χ3v) is 3.76. The molecule has 0 atom stereocenters. The van der Waals surface area contributed by atoms with Gasteiger partial charge in [-0.25, -0.2) is 0 Å². The average molecular weight is 438 g/mol. The van der Waals surface area contributed by atoms with Crippen molar-refractivity contribution in [3.05, 3.63) is 58.6 Å². The highest BCUT2D eigenvalue weighted by atomic mass is 35.5. The lowest BCUT2D eigenvalue weighted by atomic mass is 10.2. The first-order valence-electron chi connectivity index (χ1n) is 8.26. The number of nitrogens with one attached hydrogen (secondary N) is 2. The van der Waals surface area contributed by atoms with Gasteiger partial charge in [0, 0.05) is 11.3 Å². The molecule has 11 heteroatoms. The van der Waals surface area contributed by atoms with Gasteiger partial charge in [-0.05, 0) is 36.4 Å². The summed E-state index contributed by atoms with van der Waals surface area (Å²) in [5.74, 6) is -2.48. The minimum Gasteiger partial charge on any atom is -0.454 e. The lowest BCUT2D eigenvalue weighted by Crippen LogP contribution is -2.32. The Bertz CT molecular complexity index is 994. The Hall–Kier alpha value is -3.71. The first-order chi connectivity index (χ1) is 14.3. The van der Waals surface area contributed by atoms with Crippen LogP contribution in [0.5, 0.6) is 5.75 Å². The standard InChI is InChI=1S/C19H14ClF2N3O5/c20-15-7-13(5-4-12(15)8-23)25-16(26)10-29-17(27)9-24-18(28)11-2-1-3-14(6-11)30-19(21)22/h1-7,19H,9-10H2,(H,24,28)(H,25,26). The smallest absolute Gasteiger partial charge is 0.387 e. The van der Waals surface area contributed by atoms with Crippen LogP contribution in [0.25, 0.3) is 0 Å². The number of nitriles is 1. The number of anilines is 1. The maximum atomic E-state index is 12.2. The third kappa shape index (κ3) is 7.03. The molecular weight excluding hydrogens is 424 g/mol.